The molecule has 0 saturated carbocycles. The molecule has 15 aromatic rings. The zero-order valence-corrected chi connectivity index (χ0v) is 38.5. The fraction of sp³-hybridized carbons (Fsp3) is 0.0159. The van der Waals surface area contributed by atoms with Crippen molar-refractivity contribution in [1.82, 2.24) is 18.3 Å². The molecule has 10 aromatic carbocycles. The quantitative estimate of drug-likeness (QED) is 0.177. The predicted octanol–water partition coefficient (Wildman–Crippen LogP) is 16.5. The monoisotopic (exact) mass is 908 g/mol. The third kappa shape index (κ3) is 4.98. The lowest BCUT2D eigenvalue weighted by Crippen LogP contribution is -2.16. The second kappa shape index (κ2) is 14.3. The number of thiophene rings is 1. The fourth-order valence-corrected chi connectivity index (χ4v) is 13.2. The molecule has 0 radical (unpaired) electrons. The van der Waals surface area contributed by atoms with E-state index in [1.165, 1.54) is 20.2 Å². The van der Waals surface area contributed by atoms with E-state index in [0.717, 1.165) is 98.5 Å². The van der Waals surface area contributed by atoms with Crippen LogP contribution in [0.3, 0.4) is 0 Å². The Labute approximate surface area is 404 Å². The first-order chi connectivity index (χ1) is 34.6. The number of rotatable bonds is 4. The normalized spacial score (nSPS) is 12.0. The van der Waals surface area contributed by atoms with Crippen LogP contribution in [-0.2, 0) is 0 Å². The van der Waals surface area contributed by atoms with Crippen LogP contribution in [-0.4, -0.2) is 18.3 Å². The van der Waals surface area contributed by atoms with Gasteiger partial charge in [0.1, 0.15) is 23.3 Å². The van der Waals surface area contributed by atoms with Gasteiger partial charge in [0.15, 0.2) is 0 Å². The molecule has 0 aliphatic carbocycles. The van der Waals surface area contributed by atoms with Gasteiger partial charge in [0, 0.05) is 63.3 Å². The van der Waals surface area contributed by atoms with Gasteiger partial charge in [0.05, 0.1) is 66.9 Å². The van der Waals surface area contributed by atoms with E-state index in [1.54, 1.807) is 0 Å². The molecular formula is C63H36N6S. The largest absolute Gasteiger partial charge is 0.306 e. The minimum atomic E-state index is 0.388. The molecule has 7 heteroatoms. The van der Waals surface area contributed by atoms with E-state index in [1.807, 2.05) is 23.5 Å². The molecule has 0 saturated heterocycles. The summed E-state index contributed by atoms with van der Waals surface area (Å²) in [5, 5.41) is 35.8. The van der Waals surface area contributed by atoms with E-state index < -0.39 is 0 Å². The lowest BCUT2D eigenvalue weighted by molar-refractivity contribution is 1.02. The first kappa shape index (κ1) is 38.7. The summed E-state index contributed by atoms with van der Waals surface area (Å²) in [6.07, 6.45) is 0. The molecule has 0 N–H and O–H groups in total. The Morgan fingerprint density at radius 1 is 0.329 bits per heavy atom. The molecular weight excluding hydrogens is 873 g/mol. The van der Waals surface area contributed by atoms with Gasteiger partial charge in [0.25, 0.3) is 0 Å². The Morgan fingerprint density at radius 3 is 1.13 bits per heavy atom. The number of hydrogen-bond acceptors (Lipinski definition) is 3. The van der Waals surface area contributed by atoms with Gasteiger partial charge in [-0.05, 0) is 67.6 Å². The van der Waals surface area contributed by atoms with E-state index in [4.69, 9.17) is 0 Å². The number of para-hydroxylation sites is 6. The number of nitriles is 2. The molecule has 0 amide bonds. The van der Waals surface area contributed by atoms with E-state index >= 15 is 0 Å². The van der Waals surface area contributed by atoms with Crippen molar-refractivity contribution in [2.24, 2.45) is 0 Å². The topological polar surface area (TPSA) is 67.3 Å². The first-order valence-corrected chi connectivity index (χ1v) is 24.3. The average molecular weight is 909 g/mol. The third-order valence-electron chi connectivity index (χ3n) is 14.7. The Morgan fingerprint density at radius 2 is 0.686 bits per heavy atom. The standard InChI is InChI=1S/C63H36N6S/c1-37-30-32-55-46(34-37)58-56(33-31-45-44-22-8-15-29-57(44)70-63(45)58)69(55)62-60(67-51-25-11-4-18-40(51)41-19-5-12-26-52(41)67)47(35-64)59(66-49-23-9-2-16-38(49)39-17-3-10-24-50(39)66)48(36-65)61(62)68-53-27-13-6-20-42(53)43-21-7-14-28-54(43)68/h2-34H,1H3. The zero-order chi connectivity index (χ0) is 46.4. The molecule has 6 nitrogen and oxygen atoms in total. The van der Waals surface area contributed by atoms with Crippen LogP contribution in [0.15, 0.2) is 200 Å². The smallest absolute Gasteiger partial charge is 0.104 e. The molecule has 0 aliphatic rings. The summed E-state index contributed by atoms with van der Waals surface area (Å²) in [4.78, 5) is 0. The zero-order valence-electron chi connectivity index (χ0n) is 37.6. The molecule has 0 bridgehead atoms. The Balaban J connectivity index is 1.29. The van der Waals surface area contributed by atoms with Crippen LogP contribution in [0, 0.1) is 29.6 Å². The maximum absolute atomic E-state index is 12.4. The van der Waals surface area contributed by atoms with Crippen molar-refractivity contribution in [2.75, 3.05) is 0 Å². The highest BCUT2D eigenvalue weighted by molar-refractivity contribution is 7.26. The Kier molecular flexibility index (Phi) is 7.91. The van der Waals surface area contributed by atoms with Gasteiger partial charge in [-0.25, -0.2) is 0 Å². The number of hydrogen-bond donors (Lipinski definition) is 0. The molecule has 15 rings (SSSR count). The molecule has 0 aliphatic heterocycles. The van der Waals surface area contributed by atoms with Gasteiger partial charge in [-0.15, -0.1) is 11.3 Å². The van der Waals surface area contributed by atoms with Crippen molar-refractivity contribution in [3.8, 4) is 34.9 Å². The van der Waals surface area contributed by atoms with E-state index in [9.17, 15) is 10.5 Å². The second-order valence-corrected chi connectivity index (χ2v) is 19.3. The van der Waals surface area contributed by atoms with E-state index in [2.05, 4.69) is 225 Å². The summed E-state index contributed by atoms with van der Waals surface area (Å²) in [6.45, 7) is 2.16. The maximum Gasteiger partial charge on any atom is 0.104 e. The molecule has 5 aromatic heterocycles. The van der Waals surface area contributed by atoms with Crippen molar-refractivity contribution in [2.45, 2.75) is 6.92 Å². The van der Waals surface area contributed by atoms with Gasteiger partial charge in [-0.2, -0.15) is 10.5 Å². The Bertz CT molecular complexity index is 4570. The SMILES string of the molecule is Cc1ccc2c(c1)c1c3sc4ccccc4c3ccc1n2-c1c(-n2c3ccccc3c3ccccc32)c(C#N)c(-n2c3ccccc3c3ccccc32)c(C#N)c1-n1c2ccccc2c2ccccc21. The van der Waals surface area contributed by atoms with E-state index in [0.29, 0.717) is 28.2 Å². The molecule has 324 valence electrons. The van der Waals surface area contributed by atoms with Crippen LogP contribution in [0.1, 0.15) is 16.7 Å². The molecule has 0 unspecified atom stereocenters. The summed E-state index contributed by atoms with van der Waals surface area (Å²) in [5.41, 5.74) is 12.2. The van der Waals surface area contributed by atoms with Crippen LogP contribution in [0.25, 0.3) is 130 Å². The number of nitrogens with zero attached hydrogens (tertiary/aromatic N) is 6. The summed E-state index contributed by atoms with van der Waals surface area (Å²) < 4.78 is 11.6. The van der Waals surface area contributed by atoms with E-state index in [-0.39, 0.29) is 0 Å². The van der Waals surface area contributed by atoms with Crippen molar-refractivity contribution in [1.29, 1.82) is 10.5 Å². The highest BCUT2D eigenvalue weighted by atomic mass is 32.1. The number of aryl methyl sites for hydroxylation is 1. The number of fused-ring (bicyclic) bond motifs is 16. The first-order valence-electron chi connectivity index (χ1n) is 23.5. The molecule has 70 heavy (non-hydrogen) atoms. The summed E-state index contributed by atoms with van der Waals surface area (Å²) in [6, 6.07) is 76.3. The highest BCUT2D eigenvalue weighted by Crippen LogP contribution is 2.50. The van der Waals surface area contributed by atoms with Crippen LogP contribution < -0.4 is 0 Å². The van der Waals surface area contributed by atoms with Crippen LogP contribution >= 0.6 is 11.3 Å². The lowest BCUT2D eigenvalue weighted by Gasteiger charge is -2.27. The van der Waals surface area contributed by atoms with Gasteiger partial charge in [-0.1, -0.05) is 145 Å². The molecule has 0 fully saturated rings. The molecule has 5 heterocycles. The van der Waals surface area contributed by atoms with Crippen molar-refractivity contribution < 1.29 is 0 Å². The minimum Gasteiger partial charge on any atom is -0.306 e. The lowest BCUT2D eigenvalue weighted by atomic mass is 9.98. The van der Waals surface area contributed by atoms with Crippen LogP contribution in [0.4, 0.5) is 0 Å². The van der Waals surface area contributed by atoms with Crippen molar-refractivity contribution >= 4 is 119 Å². The van der Waals surface area contributed by atoms with Gasteiger partial charge in [-0.3, -0.25) is 0 Å². The van der Waals surface area contributed by atoms with Crippen molar-refractivity contribution in [3.05, 3.63) is 217 Å². The fourth-order valence-electron chi connectivity index (χ4n) is 11.9. The van der Waals surface area contributed by atoms with Crippen LogP contribution in [0.2, 0.25) is 0 Å². The minimum absolute atomic E-state index is 0.388. The van der Waals surface area contributed by atoms with Crippen LogP contribution in [0.5, 0.6) is 0 Å². The van der Waals surface area contributed by atoms with Gasteiger partial charge < -0.3 is 18.3 Å². The average Bonchev–Trinajstić information content (AvgIpc) is 4.21. The maximum atomic E-state index is 12.4. The predicted molar refractivity (Wildman–Crippen MR) is 291 cm³/mol. The third-order valence-corrected chi connectivity index (χ3v) is 15.9. The second-order valence-electron chi connectivity index (χ2n) is 18.3. The summed E-state index contributed by atoms with van der Waals surface area (Å²) in [7, 11) is 0. The Hall–Kier alpha value is -9.40. The van der Waals surface area contributed by atoms with Crippen molar-refractivity contribution in [3.63, 3.8) is 0 Å². The van der Waals surface area contributed by atoms with Gasteiger partial charge in [0.2, 0.25) is 0 Å². The highest BCUT2D eigenvalue weighted by Gasteiger charge is 2.35. The number of aromatic nitrogens is 4. The number of benzene rings is 10. The summed E-state index contributed by atoms with van der Waals surface area (Å²) in [5.74, 6) is 0. The van der Waals surface area contributed by atoms with Gasteiger partial charge >= 0.3 is 0 Å². The molecule has 0 spiro atoms. The summed E-state index contributed by atoms with van der Waals surface area (Å²) >= 11 is 1.82. The molecule has 0 atom stereocenters.